The molecule has 0 aromatic heterocycles. The quantitative estimate of drug-likeness (QED) is 0.304. The second kappa shape index (κ2) is 4.20. The van der Waals surface area contributed by atoms with E-state index < -0.39 is 7.82 Å². The van der Waals surface area contributed by atoms with Gasteiger partial charge in [-0.3, -0.25) is 0 Å². The molecule has 0 amide bonds. The summed E-state index contributed by atoms with van der Waals surface area (Å²) >= 11 is 0. The van der Waals surface area contributed by atoms with Crippen LogP contribution in [0.15, 0.2) is 0 Å². The molecule has 0 spiro atoms. The van der Waals surface area contributed by atoms with Gasteiger partial charge >= 0.3 is 0 Å². The molecule has 0 rings (SSSR count). The Morgan fingerprint density at radius 3 is 1.00 bits per heavy atom. The second-order valence-corrected chi connectivity index (χ2v) is 1.34. The van der Waals surface area contributed by atoms with Crippen LogP contribution in [0, 0.1) is 0 Å². The smallest absolute Gasteiger partial charge is 0.159 e. The zero-order chi connectivity index (χ0) is 4.50. The van der Waals surface area contributed by atoms with E-state index in [0.717, 1.165) is 0 Å². The first-order chi connectivity index (χ1) is 2.00. The predicted octanol–water partition coefficient (Wildman–Crippen LogP) is -4.47. The summed E-state index contributed by atoms with van der Waals surface area (Å²) in [4.78, 5) is 25.6. The molecule has 0 aliphatic carbocycles. The first-order valence-electron chi connectivity index (χ1n) is 0.730. The molecule has 0 atom stereocenters. The maximum Gasteiger partial charge on any atom is -0.159 e. The molecule has 7 heteroatoms. The van der Waals surface area contributed by atoms with Crippen LogP contribution in [-0.2, 0) is 4.57 Å². The molecule has 6 nitrogen and oxygen atoms in total. The van der Waals surface area contributed by atoms with Gasteiger partial charge in [0.05, 0.1) is 0 Å². The molecule has 0 aromatic carbocycles. The fraction of sp³-hybridized carbons (Fsp3) is 0. The van der Waals surface area contributed by atoms with E-state index in [0.29, 0.717) is 0 Å². The number of hydrogen-bond acceptors (Lipinski definition) is 4. The van der Waals surface area contributed by atoms with Crippen LogP contribution in [-0.4, -0.2) is 11.0 Å². The van der Waals surface area contributed by atoms with E-state index in [2.05, 4.69) is 0 Å². The zero-order valence-electron chi connectivity index (χ0n) is 3.08. The van der Waals surface area contributed by atoms with Crippen molar-refractivity contribution in [2.45, 2.75) is 0 Å². The highest BCUT2D eigenvalue weighted by molar-refractivity contribution is 7.40. The number of rotatable bonds is 0. The minimum atomic E-state index is -5.39. The highest BCUT2D eigenvalue weighted by Crippen LogP contribution is 2.03. The van der Waals surface area contributed by atoms with Gasteiger partial charge in [-0.05, 0) is 0 Å². The van der Waals surface area contributed by atoms with Crippen LogP contribution in [0.25, 0.3) is 0 Å². The van der Waals surface area contributed by atoms with Crippen LogP contribution in [0.5, 0.6) is 0 Å². The molecule has 4 N–H and O–H groups in total. The van der Waals surface area contributed by atoms with Crippen LogP contribution in [0.2, 0.25) is 0 Å². The molecule has 0 fully saturated rings. The summed E-state index contributed by atoms with van der Waals surface area (Å²) in [6.07, 6.45) is 0. The van der Waals surface area contributed by atoms with E-state index in [1.807, 2.05) is 0 Å². The third-order valence-electron chi connectivity index (χ3n) is 0. The third kappa shape index (κ3) is 109000. The second-order valence-electron chi connectivity index (χ2n) is 0.447. The van der Waals surface area contributed by atoms with Gasteiger partial charge in [0.25, 0.3) is 0 Å². The fourth-order valence-electron chi connectivity index (χ4n) is 0. The summed E-state index contributed by atoms with van der Waals surface area (Å²) in [6, 6.07) is 0. The van der Waals surface area contributed by atoms with Crippen molar-refractivity contribution in [1.29, 1.82) is 0 Å². The maximum atomic E-state index is 8.55. The van der Waals surface area contributed by atoms with Crippen molar-refractivity contribution in [1.82, 2.24) is 0 Å². The summed E-state index contributed by atoms with van der Waals surface area (Å²) in [5.41, 5.74) is 0. The van der Waals surface area contributed by atoms with Gasteiger partial charge in [-0.25, -0.2) is 0 Å². The van der Waals surface area contributed by atoms with Crippen LogP contribution in [0.3, 0.4) is 0 Å². The largest absolute Gasteiger partial charge is 0.822 e. The van der Waals surface area contributed by atoms with Gasteiger partial charge in [-0.1, -0.05) is 0 Å². The van der Waals surface area contributed by atoms with Crippen molar-refractivity contribution in [2.24, 2.45) is 0 Å². The Hall–Kier alpha value is 0.0300. The van der Waals surface area contributed by atoms with E-state index >= 15 is 0 Å². The summed E-state index contributed by atoms with van der Waals surface area (Å²) in [5, 5.41) is 0. The SMILES string of the molecule is O.O.O=P([O-])([O-])[O-]. The Labute approximate surface area is 39.3 Å². The van der Waals surface area contributed by atoms with Crippen molar-refractivity contribution >= 4 is 7.82 Å². The molecule has 0 radical (unpaired) electrons. The predicted molar refractivity (Wildman–Crippen MR) is 14.8 cm³/mol. The lowest BCUT2D eigenvalue weighted by Gasteiger charge is -2.36. The molecule has 0 aliphatic rings. The monoisotopic (exact) mass is 131 g/mol. The van der Waals surface area contributed by atoms with Crippen molar-refractivity contribution in [2.75, 3.05) is 0 Å². The van der Waals surface area contributed by atoms with Crippen molar-refractivity contribution in [3.05, 3.63) is 0 Å². The molecular formula is H4O6P-3. The Kier molecular flexibility index (Phi) is 9.43. The van der Waals surface area contributed by atoms with Crippen LogP contribution >= 0.6 is 7.82 Å². The molecule has 0 aliphatic heterocycles. The Balaban J connectivity index is -0.0000000800. The third-order valence-corrected chi connectivity index (χ3v) is 0. The first-order valence-corrected chi connectivity index (χ1v) is 2.19. The summed E-state index contributed by atoms with van der Waals surface area (Å²) < 4.78 is 8.55. The minimum absolute atomic E-state index is 0. The molecule has 0 unspecified atom stereocenters. The van der Waals surface area contributed by atoms with Crippen LogP contribution in [0.4, 0.5) is 0 Å². The first kappa shape index (κ1) is 15.7. The van der Waals surface area contributed by atoms with Gasteiger partial charge in [0.15, 0.2) is 0 Å². The Bertz CT molecular complexity index is 50.3. The maximum absolute atomic E-state index is 8.55. The van der Waals surface area contributed by atoms with Gasteiger partial charge < -0.3 is 30.2 Å². The number of phosphoric acid groups is 1. The summed E-state index contributed by atoms with van der Waals surface area (Å²) in [6.45, 7) is 0. The fourth-order valence-corrected chi connectivity index (χ4v) is 0. The van der Waals surface area contributed by atoms with Gasteiger partial charge in [-0.15, -0.1) is 0 Å². The van der Waals surface area contributed by atoms with Crippen LogP contribution < -0.4 is 14.7 Å². The lowest BCUT2D eigenvalue weighted by molar-refractivity contribution is -0.432. The summed E-state index contributed by atoms with van der Waals surface area (Å²) in [5.74, 6) is 0. The van der Waals surface area contributed by atoms with E-state index in [1.54, 1.807) is 0 Å². The number of hydrogen-bond donors (Lipinski definition) is 0. The average molecular weight is 131 g/mol. The van der Waals surface area contributed by atoms with Crippen LogP contribution in [0.1, 0.15) is 0 Å². The molecule has 0 heterocycles. The molecule has 0 saturated carbocycles. The standard InChI is InChI=1S/H3O4P.2H2O/c1-5(2,3)4;;/h(H3,1,2,3,4);2*1H2/p-3. The molecular weight excluding hydrogens is 127 g/mol. The highest BCUT2D eigenvalue weighted by Gasteiger charge is 1.44. The van der Waals surface area contributed by atoms with Gasteiger partial charge in [0.2, 0.25) is 0 Å². The van der Waals surface area contributed by atoms with Gasteiger partial charge in [0, 0.05) is 0 Å². The molecule has 0 aromatic rings. The molecule has 0 bridgehead atoms. The zero-order valence-corrected chi connectivity index (χ0v) is 3.97. The van der Waals surface area contributed by atoms with E-state index in [1.165, 1.54) is 0 Å². The van der Waals surface area contributed by atoms with E-state index in [-0.39, 0.29) is 11.0 Å². The molecule has 0 saturated heterocycles. The van der Waals surface area contributed by atoms with E-state index in [4.69, 9.17) is 19.2 Å². The summed E-state index contributed by atoms with van der Waals surface area (Å²) in [7, 11) is -5.39. The topological polar surface area (TPSA) is 149 Å². The Morgan fingerprint density at radius 1 is 1.00 bits per heavy atom. The van der Waals surface area contributed by atoms with Crippen molar-refractivity contribution in [3.63, 3.8) is 0 Å². The lowest BCUT2D eigenvalue weighted by atomic mass is 15.8. The van der Waals surface area contributed by atoms with Gasteiger partial charge in [-0.2, -0.15) is 7.82 Å². The molecule has 48 valence electrons. The Morgan fingerprint density at radius 2 is 1.00 bits per heavy atom. The average Bonchev–Trinajstić information content (AvgIpc) is 0.722. The highest BCUT2D eigenvalue weighted by atomic mass is 31.2. The normalized spacial score (nSPS) is 8.43. The van der Waals surface area contributed by atoms with Crippen molar-refractivity contribution in [3.8, 4) is 0 Å². The van der Waals surface area contributed by atoms with Crippen molar-refractivity contribution < 1.29 is 30.2 Å². The van der Waals surface area contributed by atoms with E-state index in [9.17, 15) is 0 Å². The van der Waals surface area contributed by atoms with Gasteiger partial charge in [0.1, 0.15) is 0 Å². The lowest BCUT2D eigenvalue weighted by Crippen LogP contribution is -2.24. The minimum Gasteiger partial charge on any atom is -0.822 e. The molecule has 7 heavy (non-hydrogen) atoms.